The van der Waals surface area contributed by atoms with E-state index in [9.17, 15) is 14.7 Å². The number of esters is 1. The molecule has 0 amide bonds. The number of hydrogen-bond donors (Lipinski definition) is 1. The SMILES string of the molecule is CC(=O)O[C@@H]1CC[C@]2(C)[C@@H](CC[C@@H]3[C@@H]4CC[C@H]([C@H](C)CC[C@H](C)C(C)C)[C@@]4(C)CC(=O)[C@@]32O)C1. The molecule has 0 spiro atoms. The average molecular weight is 475 g/mol. The molecule has 0 aliphatic heterocycles. The maximum atomic E-state index is 14.0. The molecule has 4 saturated carbocycles. The zero-order chi connectivity index (χ0) is 25.1. The molecule has 0 aromatic carbocycles. The number of carbonyl (C=O) groups is 2. The van der Waals surface area contributed by atoms with Crippen LogP contribution in [0.3, 0.4) is 0 Å². The fourth-order valence-electron chi connectivity index (χ4n) is 9.36. The van der Waals surface area contributed by atoms with Gasteiger partial charge in [0, 0.05) is 18.8 Å². The minimum atomic E-state index is -1.22. The van der Waals surface area contributed by atoms with Crippen molar-refractivity contribution < 1.29 is 19.4 Å². The zero-order valence-electron chi connectivity index (χ0n) is 22.9. The molecule has 0 aromatic rings. The van der Waals surface area contributed by atoms with Gasteiger partial charge in [-0.25, -0.2) is 0 Å². The molecule has 34 heavy (non-hydrogen) atoms. The zero-order valence-corrected chi connectivity index (χ0v) is 22.9. The first-order valence-corrected chi connectivity index (χ1v) is 14.3. The highest BCUT2D eigenvalue weighted by Crippen LogP contribution is 2.69. The third-order valence-electron chi connectivity index (χ3n) is 11.8. The van der Waals surface area contributed by atoms with E-state index in [4.69, 9.17) is 4.74 Å². The van der Waals surface area contributed by atoms with Crippen molar-refractivity contribution >= 4 is 11.8 Å². The summed E-state index contributed by atoms with van der Waals surface area (Å²) >= 11 is 0. The van der Waals surface area contributed by atoms with Gasteiger partial charge in [0.1, 0.15) is 11.7 Å². The van der Waals surface area contributed by atoms with Gasteiger partial charge < -0.3 is 9.84 Å². The Labute approximate surface area is 208 Å². The van der Waals surface area contributed by atoms with Gasteiger partial charge in [-0.05, 0) is 91.8 Å². The molecule has 1 N–H and O–H groups in total. The Balaban J connectivity index is 1.54. The Morgan fingerprint density at radius 1 is 1.03 bits per heavy atom. The number of fused-ring (bicyclic) bond motifs is 5. The lowest BCUT2D eigenvalue weighted by Gasteiger charge is -2.64. The van der Waals surface area contributed by atoms with Gasteiger partial charge in [0.25, 0.3) is 0 Å². The molecule has 0 bridgehead atoms. The minimum Gasteiger partial charge on any atom is -0.463 e. The van der Waals surface area contributed by atoms with Gasteiger partial charge >= 0.3 is 5.97 Å². The normalized spacial score (nSPS) is 45.8. The lowest BCUT2D eigenvalue weighted by atomic mass is 9.41. The van der Waals surface area contributed by atoms with Crippen LogP contribution in [0.15, 0.2) is 0 Å². The lowest BCUT2D eigenvalue weighted by Crippen LogP contribution is -2.70. The van der Waals surface area contributed by atoms with Crippen molar-refractivity contribution in [3.05, 3.63) is 0 Å². The first-order valence-electron chi connectivity index (χ1n) is 14.3. The lowest BCUT2D eigenvalue weighted by molar-refractivity contribution is -0.230. The predicted octanol–water partition coefficient (Wildman–Crippen LogP) is 6.58. The largest absolute Gasteiger partial charge is 0.463 e. The van der Waals surface area contributed by atoms with Gasteiger partial charge in [-0.15, -0.1) is 0 Å². The van der Waals surface area contributed by atoms with E-state index in [2.05, 4.69) is 41.5 Å². The van der Waals surface area contributed by atoms with E-state index < -0.39 is 11.0 Å². The Morgan fingerprint density at radius 2 is 1.71 bits per heavy atom. The molecule has 0 heterocycles. The van der Waals surface area contributed by atoms with E-state index in [0.29, 0.717) is 24.2 Å². The van der Waals surface area contributed by atoms with E-state index in [0.717, 1.165) is 50.4 Å². The van der Waals surface area contributed by atoms with Crippen molar-refractivity contribution in [3.8, 4) is 0 Å². The summed E-state index contributed by atoms with van der Waals surface area (Å²) < 4.78 is 5.56. The number of aliphatic hydroxyl groups is 1. The second-order valence-electron chi connectivity index (χ2n) is 13.7. The fraction of sp³-hybridized carbons (Fsp3) is 0.933. The van der Waals surface area contributed by atoms with Gasteiger partial charge in [-0.3, -0.25) is 9.59 Å². The molecule has 4 fully saturated rings. The molecule has 0 radical (unpaired) electrons. The minimum absolute atomic E-state index is 0.0204. The highest BCUT2D eigenvalue weighted by Gasteiger charge is 2.70. The van der Waals surface area contributed by atoms with Crippen LogP contribution in [0.5, 0.6) is 0 Å². The first kappa shape index (κ1) is 26.2. The van der Waals surface area contributed by atoms with Gasteiger partial charge in [0.05, 0.1) is 0 Å². The van der Waals surface area contributed by atoms with E-state index in [1.54, 1.807) is 0 Å². The summed E-state index contributed by atoms with van der Waals surface area (Å²) in [5.41, 5.74) is -1.60. The van der Waals surface area contributed by atoms with E-state index in [1.807, 2.05) is 0 Å². The van der Waals surface area contributed by atoms with Crippen LogP contribution in [0.25, 0.3) is 0 Å². The van der Waals surface area contributed by atoms with E-state index >= 15 is 0 Å². The van der Waals surface area contributed by atoms with Crippen molar-refractivity contribution in [3.63, 3.8) is 0 Å². The topological polar surface area (TPSA) is 63.6 Å². The van der Waals surface area contributed by atoms with Gasteiger partial charge in [0.15, 0.2) is 5.78 Å². The monoisotopic (exact) mass is 474 g/mol. The second kappa shape index (κ2) is 9.20. The number of carbonyl (C=O) groups excluding carboxylic acids is 2. The molecule has 194 valence electrons. The van der Waals surface area contributed by atoms with Crippen LogP contribution in [-0.2, 0) is 14.3 Å². The standard InChI is InChI=1S/C30H50O4/c1-18(2)19(3)8-9-20(4)24-12-13-25-26-11-10-22-16-23(34-21(5)31)14-15-29(22,7)30(26,33)27(32)17-28(24,25)6/h18-20,22-26,33H,8-17H2,1-7H3/t19-,20+,22-,23+,24+,25-,26+,28+,29+,30-/m0/s1. The maximum absolute atomic E-state index is 14.0. The molecule has 4 nitrogen and oxygen atoms in total. The number of ketones is 1. The van der Waals surface area contributed by atoms with E-state index in [1.165, 1.54) is 26.2 Å². The quantitative estimate of drug-likeness (QED) is 0.442. The third kappa shape index (κ3) is 3.98. The Bertz CT molecular complexity index is 791. The van der Waals surface area contributed by atoms with Crippen LogP contribution in [0.2, 0.25) is 0 Å². The molecule has 4 aliphatic carbocycles. The summed E-state index contributed by atoms with van der Waals surface area (Å²) in [4.78, 5) is 25.5. The van der Waals surface area contributed by atoms with E-state index in [-0.39, 0.29) is 35.1 Å². The van der Waals surface area contributed by atoms with Gasteiger partial charge in [-0.1, -0.05) is 54.4 Å². The van der Waals surface area contributed by atoms with Crippen molar-refractivity contribution in [2.75, 3.05) is 0 Å². The summed E-state index contributed by atoms with van der Waals surface area (Å²) in [6, 6.07) is 0. The first-order chi connectivity index (χ1) is 15.8. The highest BCUT2D eigenvalue weighted by atomic mass is 16.5. The van der Waals surface area contributed by atoms with Crippen molar-refractivity contribution in [2.45, 2.75) is 124 Å². The molecule has 0 saturated heterocycles. The predicted molar refractivity (Wildman–Crippen MR) is 135 cm³/mol. The number of Topliss-reactive ketones (excluding diaryl/α,β-unsaturated/α-hetero) is 1. The summed E-state index contributed by atoms with van der Waals surface area (Å²) in [7, 11) is 0. The second-order valence-corrected chi connectivity index (χ2v) is 13.7. The number of rotatable bonds is 6. The average Bonchev–Trinajstić information content (AvgIpc) is 3.09. The van der Waals surface area contributed by atoms with Crippen LogP contribution in [-0.4, -0.2) is 28.6 Å². The molecule has 4 aliphatic rings. The van der Waals surface area contributed by atoms with Crippen LogP contribution < -0.4 is 0 Å². The maximum Gasteiger partial charge on any atom is 0.302 e. The summed E-state index contributed by atoms with van der Waals surface area (Å²) in [5.74, 6) is 3.32. The van der Waals surface area contributed by atoms with Crippen molar-refractivity contribution in [2.24, 2.45) is 52.3 Å². The van der Waals surface area contributed by atoms with Gasteiger partial charge in [-0.2, -0.15) is 0 Å². The Morgan fingerprint density at radius 3 is 2.35 bits per heavy atom. The molecule has 4 heteroatoms. The van der Waals surface area contributed by atoms with Crippen LogP contribution in [0.1, 0.15) is 113 Å². The summed E-state index contributed by atoms with van der Waals surface area (Å²) in [6.45, 7) is 15.5. The molecular formula is C30H50O4. The van der Waals surface area contributed by atoms with Crippen LogP contribution in [0.4, 0.5) is 0 Å². The smallest absolute Gasteiger partial charge is 0.302 e. The number of ether oxygens (including phenoxy) is 1. The Kier molecular flexibility index (Phi) is 7.08. The fourth-order valence-corrected chi connectivity index (χ4v) is 9.36. The summed E-state index contributed by atoms with van der Waals surface area (Å²) in [5, 5.41) is 12.3. The number of hydrogen-bond acceptors (Lipinski definition) is 4. The molecule has 4 rings (SSSR count). The molecule has 0 unspecified atom stereocenters. The van der Waals surface area contributed by atoms with Crippen LogP contribution in [0, 0.1) is 52.3 Å². The van der Waals surface area contributed by atoms with Crippen molar-refractivity contribution in [1.82, 2.24) is 0 Å². The van der Waals surface area contributed by atoms with Crippen molar-refractivity contribution in [1.29, 1.82) is 0 Å². The molecule has 0 aromatic heterocycles. The van der Waals surface area contributed by atoms with Gasteiger partial charge in [0.2, 0.25) is 0 Å². The third-order valence-corrected chi connectivity index (χ3v) is 11.8. The molecule has 10 atom stereocenters. The van der Waals surface area contributed by atoms with Crippen LogP contribution >= 0.6 is 0 Å². The Hall–Kier alpha value is -0.900. The highest BCUT2D eigenvalue weighted by molar-refractivity contribution is 5.90. The molecular weight excluding hydrogens is 424 g/mol. The summed E-state index contributed by atoms with van der Waals surface area (Å²) in [6.07, 6.45) is 9.61.